The van der Waals surface area contributed by atoms with Crippen LogP contribution in [0.3, 0.4) is 0 Å². The maximum atomic E-state index is 2.54. The molecule has 0 aromatic heterocycles. The van der Waals surface area contributed by atoms with Gasteiger partial charge >= 0.3 is 0 Å². The van der Waals surface area contributed by atoms with Gasteiger partial charge in [0.05, 0.1) is 15.2 Å². The SMILES string of the molecule is CN(C)c1ccc(/C=C/[Si](C)(C)[Si](C)(C)c2ccccc2)cc1. The minimum absolute atomic E-state index is 1.25. The van der Waals surface area contributed by atoms with Gasteiger partial charge in [0.2, 0.25) is 0 Å². The molecule has 0 atom stereocenters. The third kappa shape index (κ3) is 4.04. The molecule has 23 heavy (non-hydrogen) atoms. The van der Waals surface area contributed by atoms with Crippen LogP contribution in [0.5, 0.6) is 0 Å². The lowest BCUT2D eigenvalue weighted by Crippen LogP contribution is -2.61. The van der Waals surface area contributed by atoms with E-state index in [4.69, 9.17) is 0 Å². The third-order valence-corrected chi connectivity index (χ3v) is 22.2. The van der Waals surface area contributed by atoms with Crippen LogP contribution in [0.2, 0.25) is 26.2 Å². The van der Waals surface area contributed by atoms with E-state index in [1.807, 2.05) is 0 Å². The van der Waals surface area contributed by atoms with Gasteiger partial charge in [0.25, 0.3) is 0 Å². The van der Waals surface area contributed by atoms with Crippen molar-refractivity contribution in [2.75, 3.05) is 19.0 Å². The van der Waals surface area contributed by atoms with Crippen LogP contribution in [0, 0.1) is 0 Å². The van der Waals surface area contributed by atoms with Crippen molar-refractivity contribution in [1.82, 2.24) is 0 Å². The van der Waals surface area contributed by atoms with Gasteiger partial charge in [0.15, 0.2) is 0 Å². The zero-order valence-corrected chi connectivity index (χ0v) is 17.3. The monoisotopic (exact) mass is 339 g/mol. The highest BCUT2D eigenvalue weighted by Gasteiger charge is 2.40. The van der Waals surface area contributed by atoms with E-state index in [0.29, 0.717) is 0 Å². The second-order valence-corrected chi connectivity index (χ2v) is 22.8. The molecule has 0 saturated heterocycles. The summed E-state index contributed by atoms with van der Waals surface area (Å²) in [5.41, 5.74) is 5.09. The Morgan fingerprint density at radius 3 is 1.87 bits per heavy atom. The summed E-state index contributed by atoms with van der Waals surface area (Å²) in [5, 5.41) is 1.57. The van der Waals surface area contributed by atoms with Crippen molar-refractivity contribution in [2.45, 2.75) is 26.2 Å². The number of anilines is 1. The van der Waals surface area contributed by atoms with E-state index >= 15 is 0 Å². The molecule has 0 radical (unpaired) electrons. The van der Waals surface area contributed by atoms with Gasteiger partial charge in [-0.05, 0) is 17.7 Å². The van der Waals surface area contributed by atoms with Gasteiger partial charge in [-0.3, -0.25) is 0 Å². The van der Waals surface area contributed by atoms with E-state index in [1.165, 1.54) is 11.3 Å². The van der Waals surface area contributed by atoms with E-state index in [1.54, 1.807) is 5.19 Å². The van der Waals surface area contributed by atoms with Gasteiger partial charge in [0, 0.05) is 19.8 Å². The molecule has 0 heterocycles. The molecule has 0 N–H and O–H groups in total. The zero-order valence-electron chi connectivity index (χ0n) is 15.3. The summed E-state index contributed by atoms with van der Waals surface area (Å²) in [4.78, 5) is 2.14. The first-order valence-corrected chi connectivity index (χ1v) is 15.3. The second kappa shape index (κ2) is 6.89. The Bertz CT molecular complexity index is 656. The molecule has 0 aliphatic rings. The largest absolute Gasteiger partial charge is 0.378 e. The molecule has 2 rings (SSSR count). The van der Waals surface area contributed by atoms with Crippen molar-refractivity contribution in [3.05, 3.63) is 65.9 Å². The van der Waals surface area contributed by atoms with Gasteiger partial charge in [-0.15, -0.1) is 0 Å². The van der Waals surface area contributed by atoms with Gasteiger partial charge in [-0.1, -0.05) is 85.6 Å². The highest BCUT2D eigenvalue weighted by atomic mass is 29.3. The minimum atomic E-state index is -1.45. The Balaban J connectivity index is 2.22. The molecule has 3 heteroatoms. The zero-order chi connectivity index (χ0) is 17.1. The fourth-order valence-electron chi connectivity index (χ4n) is 2.62. The summed E-state index contributed by atoms with van der Waals surface area (Å²) < 4.78 is 0. The predicted octanol–water partition coefficient (Wildman–Crippen LogP) is 4.71. The summed E-state index contributed by atoms with van der Waals surface area (Å²) in [6.07, 6.45) is 2.34. The topological polar surface area (TPSA) is 3.24 Å². The average molecular weight is 340 g/mol. The number of hydrogen-bond acceptors (Lipinski definition) is 1. The molecule has 0 aliphatic carbocycles. The van der Waals surface area contributed by atoms with Crippen molar-refractivity contribution in [3.63, 3.8) is 0 Å². The molecule has 2 aromatic carbocycles. The van der Waals surface area contributed by atoms with Crippen LogP contribution in [-0.2, 0) is 0 Å². The van der Waals surface area contributed by atoms with Crippen LogP contribution in [0.4, 0.5) is 5.69 Å². The Hall–Kier alpha value is -1.59. The molecular formula is C20H29NSi2. The summed E-state index contributed by atoms with van der Waals surface area (Å²) in [6, 6.07) is 19.9. The maximum absolute atomic E-state index is 2.54. The first-order valence-electron chi connectivity index (χ1n) is 8.26. The minimum Gasteiger partial charge on any atom is -0.378 e. The Labute approximate surface area is 143 Å². The summed E-state index contributed by atoms with van der Waals surface area (Å²) in [7, 11) is 1.27. The lowest BCUT2D eigenvalue weighted by atomic mass is 10.2. The van der Waals surface area contributed by atoms with E-state index in [9.17, 15) is 0 Å². The van der Waals surface area contributed by atoms with Crippen LogP contribution in [0.25, 0.3) is 6.08 Å². The Kier molecular flexibility index (Phi) is 5.32. The van der Waals surface area contributed by atoms with Crippen LogP contribution in [-0.4, -0.2) is 29.3 Å². The normalized spacial score (nSPS) is 12.6. The van der Waals surface area contributed by atoms with E-state index in [0.717, 1.165) is 0 Å². The molecule has 0 amide bonds. The third-order valence-electron chi connectivity index (χ3n) is 5.21. The fourth-order valence-corrected chi connectivity index (χ4v) is 9.65. The molecule has 0 unspecified atom stereocenters. The molecule has 122 valence electrons. The quantitative estimate of drug-likeness (QED) is 0.713. The van der Waals surface area contributed by atoms with E-state index in [2.05, 4.69) is 112 Å². The Morgan fingerprint density at radius 1 is 0.783 bits per heavy atom. The number of nitrogens with zero attached hydrogens (tertiary/aromatic N) is 1. The fraction of sp³-hybridized carbons (Fsp3) is 0.300. The number of rotatable bonds is 5. The van der Waals surface area contributed by atoms with Gasteiger partial charge in [-0.2, -0.15) is 0 Å². The van der Waals surface area contributed by atoms with Crippen molar-refractivity contribution >= 4 is 32.1 Å². The van der Waals surface area contributed by atoms with Crippen LogP contribution in [0.1, 0.15) is 5.56 Å². The van der Waals surface area contributed by atoms with Crippen molar-refractivity contribution in [2.24, 2.45) is 0 Å². The second-order valence-electron chi connectivity index (χ2n) is 7.53. The smallest absolute Gasteiger partial charge is 0.0784 e. The van der Waals surface area contributed by atoms with Crippen molar-refractivity contribution < 1.29 is 0 Å². The summed E-state index contributed by atoms with van der Waals surface area (Å²) in [6.45, 7) is 10.1. The van der Waals surface area contributed by atoms with E-state index < -0.39 is 15.2 Å². The first-order chi connectivity index (χ1) is 10.7. The number of benzene rings is 2. The molecule has 0 aliphatic heterocycles. The molecule has 1 nitrogen and oxygen atoms in total. The van der Waals surface area contributed by atoms with E-state index in [-0.39, 0.29) is 0 Å². The highest BCUT2D eigenvalue weighted by Crippen LogP contribution is 2.22. The molecule has 0 spiro atoms. The lowest BCUT2D eigenvalue weighted by Gasteiger charge is -2.36. The summed E-state index contributed by atoms with van der Waals surface area (Å²) >= 11 is 0. The van der Waals surface area contributed by atoms with Crippen molar-refractivity contribution in [3.8, 4) is 0 Å². The highest BCUT2D eigenvalue weighted by molar-refractivity contribution is 7.47. The van der Waals surface area contributed by atoms with Crippen molar-refractivity contribution in [1.29, 1.82) is 0 Å². The molecule has 2 aromatic rings. The summed E-state index contributed by atoms with van der Waals surface area (Å²) in [5.74, 6) is 0. The van der Waals surface area contributed by atoms with Crippen LogP contribution < -0.4 is 10.1 Å². The van der Waals surface area contributed by atoms with Gasteiger partial charge in [0.1, 0.15) is 0 Å². The molecule has 0 bridgehead atoms. The standard InChI is InChI=1S/C20H29NSi2/c1-21(2)19-14-12-18(13-15-19)16-17-22(3,4)23(5,6)20-10-8-7-9-11-20/h7-17H,1-6H3/b17-16+. The maximum Gasteiger partial charge on any atom is 0.0784 e. The van der Waals surface area contributed by atoms with Gasteiger partial charge in [-0.25, -0.2) is 0 Å². The predicted molar refractivity (Wildman–Crippen MR) is 111 cm³/mol. The molecular weight excluding hydrogens is 310 g/mol. The van der Waals surface area contributed by atoms with Gasteiger partial charge < -0.3 is 4.90 Å². The first kappa shape index (κ1) is 17.8. The lowest BCUT2D eigenvalue weighted by molar-refractivity contribution is 1.13. The average Bonchev–Trinajstić information content (AvgIpc) is 2.54. The van der Waals surface area contributed by atoms with Crippen LogP contribution >= 0.6 is 0 Å². The number of hydrogen-bond donors (Lipinski definition) is 0. The molecule has 0 fully saturated rings. The van der Waals surface area contributed by atoms with Crippen LogP contribution in [0.15, 0.2) is 60.3 Å². The Morgan fingerprint density at radius 2 is 1.35 bits per heavy atom. The molecule has 0 saturated carbocycles.